The molecule has 0 radical (unpaired) electrons. The molecule has 24 heavy (non-hydrogen) atoms. The van der Waals surface area contributed by atoms with Crippen LogP contribution in [0.1, 0.15) is 37.4 Å². The normalized spacial score (nSPS) is 10.8. The van der Waals surface area contributed by atoms with Gasteiger partial charge in [0, 0.05) is 30.0 Å². The van der Waals surface area contributed by atoms with Crippen molar-refractivity contribution in [1.29, 1.82) is 0 Å². The van der Waals surface area contributed by atoms with Crippen molar-refractivity contribution in [3.63, 3.8) is 0 Å². The Labute approximate surface area is 154 Å². The van der Waals surface area contributed by atoms with Gasteiger partial charge < -0.3 is 9.47 Å². The number of benzene rings is 1. The van der Waals surface area contributed by atoms with E-state index in [1.54, 1.807) is 0 Å². The molecule has 0 aliphatic heterocycles. The lowest BCUT2D eigenvalue weighted by Gasteiger charge is -2.23. The molecule has 0 spiro atoms. The van der Waals surface area contributed by atoms with Crippen molar-refractivity contribution in [3.8, 4) is 0 Å². The monoisotopic (exact) mass is 366 g/mol. The number of halogens is 2. The van der Waals surface area contributed by atoms with Crippen LogP contribution in [0.3, 0.4) is 0 Å². The summed E-state index contributed by atoms with van der Waals surface area (Å²) in [5.41, 5.74) is 2.24. The molecule has 3 nitrogen and oxygen atoms in total. The Kier molecular flexibility index (Phi) is 7.67. The van der Waals surface area contributed by atoms with Crippen molar-refractivity contribution in [3.05, 3.63) is 58.9 Å². The quantitative estimate of drug-likeness (QED) is 0.455. The number of carbonyl (C=O) groups excluding carboxylic acids is 1. The Bertz CT molecular complexity index is 654. The molecule has 0 saturated carbocycles. The van der Waals surface area contributed by atoms with E-state index in [1.165, 1.54) is 0 Å². The summed E-state index contributed by atoms with van der Waals surface area (Å²) in [6, 6.07) is 11.9. The fourth-order valence-electron chi connectivity index (χ4n) is 2.70. The molecule has 130 valence electrons. The molecule has 0 unspecified atom stereocenters. The summed E-state index contributed by atoms with van der Waals surface area (Å²) in [5, 5.41) is 0.736. The maximum absolute atomic E-state index is 12.1. The first kappa shape index (κ1) is 18.9. The van der Waals surface area contributed by atoms with Gasteiger partial charge in [-0.15, -0.1) is 11.6 Å². The predicted octanol–water partition coefficient (Wildman–Crippen LogP) is 4.95. The highest BCUT2D eigenvalue weighted by molar-refractivity contribution is 6.30. The average molecular weight is 367 g/mol. The van der Waals surface area contributed by atoms with E-state index < -0.39 is 0 Å². The Morgan fingerprint density at radius 3 is 2.75 bits per heavy atom. The molecule has 0 aliphatic carbocycles. The van der Waals surface area contributed by atoms with Crippen molar-refractivity contribution >= 4 is 29.1 Å². The van der Waals surface area contributed by atoms with Gasteiger partial charge >= 0.3 is 0 Å². The molecule has 0 aliphatic rings. The lowest BCUT2D eigenvalue weighted by molar-refractivity contribution is -0.129. The third-order valence-corrected chi connectivity index (χ3v) is 4.48. The molecule has 0 bridgehead atoms. The molecule has 0 N–H and O–H groups in total. The van der Waals surface area contributed by atoms with Crippen LogP contribution in [0.2, 0.25) is 5.02 Å². The molecule has 0 atom stereocenters. The summed E-state index contributed by atoms with van der Waals surface area (Å²) in [5.74, 6) is 0.0180. The third-order valence-electron chi connectivity index (χ3n) is 4.02. The Balaban J connectivity index is 2.07. The number of unbranched alkanes of at least 4 members (excludes halogenated alkanes) is 2. The van der Waals surface area contributed by atoms with Gasteiger partial charge in [0.25, 0.3) is 0 Å². The SMILES string of the molecule is CCCCCN(Cc1cccn1Cc1cccc(Cl)c1)C(=O)CCl. The molecule has 0 fully saturated rings. The molecule has 1 aromatic carbocycles. The van der Waals surface area contributed by atoms with Gasteiger partial charge in [-0.3, -0.25) is 4.79 Å². The average Bonchev–Trinajstić information content (AvgIpc) is 3.00. The van der Waals surface area contributed by atoms with Gasteiger partial charge in [-0.1, -0.05) is 43.5 Å². The number of alkyl halides is 1. The van der Waals surface area contributed by atoms with E-state index in [4.69, 9.17) is 23.2 Å². The highest BCUT2D eigenvalue weighted by Crippen LogP contribution is 2.15. The lowest BCUT2D eigenvalue weighted by Crippen LogP contribution is -2.33. The molecule has 1 aromatic heterocycles. The smallest absolute Gasteiger partial charge is 0.237 e. The van der Waals surface area contributed by atoms with E-state index in [1.807, 2.05) is 35.4 Å². The highest BCUT2D eigenvalue weighted by atomic mass is 35.5. The van der Waals surface area contributed by atoms with E-state index in [-0.39, 0.29) is 11.8 Å². The first-order chi connectivity index (χ1) is 11.6. The zero-order chi connectivity index (χ0) is 17.4. The van der Waals surface area contributed by atoms with Crippen LogP contribution in [0.5, 0.6) is 0 Å². The predicted molar refractivity (Wildman–Crippen MR) is 101 cm³/mol. The minimum absolute atomic E-state index is 0.0109. The van der Waals surface area contributed by atoms with Crippen LogP contribution < -0.4 is 0 Å². The zero-order valence-electron chi connectivity index (χ0n) is 14.0. The van der Waals surface area contributed by atoms with Gasteiger partial charge in [-0.25, -0.2) is 0 Å². The number of aromatic nitrogens is 1. The van der Waals surface area contributed by atoms with Crippen molar-refractivity contribution in [2.75, 3.05) is 12.4 Å². The number of hydrogen-bond acceptors (Lipinski definition) is 1. The molecule has 2 rings (SSSR count). The Hall–Kier alpha value is -1.45. The maximum Gasteiger partial charge on any atom is 0.237 e. The fraction of sp³-hybridized carbons (Fsp3) is 0.421. The van der Waals surface area contributed by atoms with Crippen molar-refractivity contribution in [2.24, 2.45) is 0 Å². The summed E-state index contributed by atoms with van der Waals surface area (Å²) in [6.45, 7) is 4.23. The minimum atomic E-state index is -0.0109. The molecule has 2 aromatic rings. The first-order valence-electron chi connectivity index (χ1n) is 8.36. The van der Waals surface area contributed by atoms with E-state index in [9.17, 15) is 4.79 Å². The second-order valence-electron chi connectivity index (χ2n) is 5.91. The number of nitrogens with zero attached hydrogens (tertiary/aromatic N) is 2. The zero-order valence-corrected chi connectivity index (χ0v) is 15.6. The topological polar surface area (TPSA) is 25.2 Å². The van der Waals surface area contributed by atoms with E-state index in [0.29, 0.717) is 6.54 Å². The Morgan fingerprint density at radius 2 is 2.04 bits per heavy atom. The van der Waals surface area contributed by atoms with Crippen molar-refractivity contribution < 1.29 is 4.79 Å². The van der Waals surface area contributed by atoms with Gasteiger partial charge in [0.2, 0.25) is 5.91 Å². The van der Waals surface area contributed by atoms with E-state index >= 15 is 0 Å². The molecule has 5 heteroatoms. The van der Waals surface area contributed by atoms with Gasteiger partial charge in [-0.05, 0) is 36.2 Å². The molecular formula is C19H24Cl2N2O. The number of amides is 1. The van der Waals surface area contributed by atoms with Crippen molar-refractivity contribution in [2.45, 2.75) is 39.3 Å². The van der Waals surface area contributed by atoms with E-state index in [2.05, 4.69) is 23.6 Å². The van der Waals surface area contributed by atoms with E-state index in [0.717, 1.165) is 48.6 Å². The number of hydrogen-bond donors (Lipinski definition) is 0. The Morgan fingerprint density at radius 1 is 1.21 bits per heavy atom. The van der Waals surface area contributed by atoms with Crippen LogP contribution >= 0.6 is 23.2 Å². The minimum Gasteiger partial charge on any atom is -0.345 e. The van der Waals surface area contributed by atoms with Crippen molar-refractivity contribution in [1.82, 2.24) is 9.47 Å². The summed E-state index contributed by atoms with van der Waals surface area (Å²) in [6.07, 6.45) is 5.30. The van der Waals surface area contributed by atoms with Crippen LogP contribution in [0, 0.1) is 0 Å². The second-order valence-corrected chi connectivity index (χ2v) is 6.62. The largest absolute Gasteiger partial charge is 0.345 e. The number of rotatable bonds is 9. The molecule has 1 amide bonds. The van der Waals surface area contributed by atoms with Crippen LogP contribution in [0.25, 0.3) is 0 Å². The van der Waals surface area contributed by atoms with Gasteiger partial charge in [-0.2, -0.15) is 0 Å². The summed E-state index contributed by atoms with van der Waals surface area (Å²) < 4.78 is 2.15. The van der Waals surface area contributed by atoms with Crippen LogP contribution in [0.15, 0.2) is 42.6 Å². The first-order valence-corrected chi connectivity index (χ1v) is 9.27. The summed E-state index contributed by atoms with van der Waals surface area (Å²) in [7, 11) is 0. The highest BCUT2D eigenvalue weighted by Gasteiger charge is 2.14. The molecule has 0 saturated heterocycles. The molecule has 1 heterocycles. The summed E-state index contributed by atoms with van der Waals surface area (Å²) in [4.78, 5) is 14.0. The van der Waals surface area contributed by atoms with Crippen LogP contribution in [-0.4, -0.2) is 27.8 Å². The van der Waals surface area contributed by atoms with Gasteiger partial charge in [0.05, 0.1) is 6.54 Å². The molecular weight excluding hydrogens is 343 g/mol. The van der Waals surface area contributed by atoms with Crippen LogP contribution in [-0.2, 0) is 17.9 Å². The van der Waals surface area contributed by atoms with Gasteiger partial charge in [0.15, 0.2) is 0 Å². The maximum atomic E-state index is 12.1. The fourth-order valence-corrected chi connectivity index (χ4v) is 3.09. The summed E-state index contributed by atoms with van der Waals surface area (Å²) >= 11 is 11.8. The van der Waals surface area contributed by atoms with Crippen LogP contribution in [0.4, 0.5) is 0 Å². The third kappa shape index (κ3) is 5.57. The number of carbonyl (C=O) groups is 1. The lowest BCUT2D eigenvalue weighted by atomic mass is 10.2. The van der Waals surface area contributed by atoms with Gasteiger partial charge in [0.1, 0.15) is 5.88 Å². The second kappa shape index (κ2) is 9.75. The standard InChI is InChI=1S/C19H24Cl2N2O/c1-2-3-4-10-23(19(24)13-20)15-18-9-6-11-22(18)14-16-7-5-8-17(21)12-16/h5-9,11-12H,2-4,10,13-15H2,1H3.